The number of ether oxygens (including phenoxy) is 1. The van der Waals surface area contributed by atoms with Gasteiger partial charge in [0, 0.05) is 16.7 Å². The van der Waals surface area contributed by atoms with Crippen molar-refractivity contribution in [1.82, 2.24) is 4.72 Å². The van der Waals surface area contributed by atoms with Crippen molar-refractivity contribution in [3.63, 3.8) is 0 Å². The molecule has 2 aromatic rings. The van der Waals surface area contributed by atoms with Gasteiger partial charge in [0.2, 0.25) is 10.0 Å². The maximum Gasteiger partial charge on any atom is 0.262 e. The van der Waals surface area contributed by atoms with Crippen LogP contribution in [0, 0.1) is 0 Å². The highest BCUT2D eigenvalue weighted by Crippen LogP contribution is 2.27. The zero-order valence-corrected chi connectivity index (χ0v) is 17.1. The molecule has 0 aliphatic heterocycles. The minimum absolute atomic E-state index is 0.0441. The molecule has 0 radical (unpaired) electrons. The molecule has 0 bridgehead atoms. The Morgan fingerprint density at radius 1 is 1.19 bits per heavy atom. The Bertz CT molecular complexity index is 873. The molecule has 2 rings (SSSR count). The topological polar surface area (TPSA) is 84.5 Å². The summed E-state index contributed by atoms with van der Waals surface area (Å²) in [6, 6.07) is 11.2. The lowest BCUT2D eigenvalue weighted by atomic mass is 10.3. The van der Waals surface area contributed by atoms with E-state index in [-0.39, 0.29) is 28.2 Å². The summed E-state index contributed by atoms with van der Waals surface area (Å²) >= 11 is 9.39. The molecule has 0 spiro atoms. The van der Waals surface area contributed by atoms with E-state index >= 15 is 0 Å². The first-order chi connectivity index (χ1) is 12.3. The Balaban J connectivity index is 1.97. The fourth-order valence-electron chi connectivity index (χ4n) is 1.96. The average molecular weight is 462 g/mol. The van der Waals surface area contributed by atoms with Crippen LogP contribution < -0.4 is 14.8 Å². The summed E-state index contributed by atoms with van der Waals surface area (Å²) in [5.74, 6) is -0.128. The van der Waals surface area contributed by atoms with E-state index in [1.807, 2.05) is 6.92 Å². The van der Waals surface area contributed by atoms with Gasteiger partial charge in [-0.2, -0.15) is 0 Å². The summed E-state index contributed by atoms with van der Waals surface area (Å²) in [7, 11) is -3.61. The maximum atomic E-state index is 12.1. The van der Waals surface area contributed by atoms with Crippen LogP contribution in [-0.2, 0) is 14.8 Å². The number of amides is 1. The fraction of sp³-hybridized carbons (Fsp3) is 0.235. The molecule has 0 atom stereocenters. The molecule has 0 fully saturated rings. The number of sulfonamides is 1. The normalized spacial score (nSPS) is 11.2. The van der Waals surface area contributed by atoms with Gasteiger partial charge < -0.3 is 10.1 Å². The van der Waals surface area contributed by atoms with Gasteiger partial charge in [-0.25, -0.2) is 13.1 Å². The fourth-order valence-corrected chi connectivity index (χ4v) is 3.68. The van der Waals surface area contributed by atoms with Crippen LogP contribution in [0.15, 0.2) is 51.8 Å². The summed E-state index contributed by atoms with van der Waals surface area (Å²) in [6.07, 6.45) is 0.682. The van der Waals surface area contributed by atoms with Crippen LogP contribution in [0.2, 0.25) is 5.02 Å². The van der Waals surface area contributed by atoms with Crippen molar-refractivity contribution in [2.24, 2.45) is 0 Å². The number of nitrogens with one attached hydrogen (secondary N) is 2. The van der Waals surface area contributed by atoms with Crippen molar-refractivity contribution < 1.29 is 17.9 Å². The van der Waals surface area contributed by atoms with Gasteiger partial charge in [0.15, 0.2) is 6.61 Å². The zero-order chi connectivity index (χ0) is 19.2. The monoisotopic (exact) mass is 460 g/mol. The zero-order valence-electron chi connectivity index (χ0n) is 14.0. The van der Waals surface area contributed by atoms with Gasteiger partial charge in [-0.05, 0) is 48.9 Å². The molecule has 9 heteroatoms. The standard InChI is InChI=1S/C17H18BrClN2O4S/c1-2-9-20-26(23,24)14-7-8-16(15(19)10-14)25-11-17(22)21-13-5-3-12(18)4-6-13/h3-8,10,20H,2,9,11H2,1H3,(H,21,22). The minimum Gasteiger partial charge on any atom is -0.482 e. The molecule has 0 saturated heterocycles. The van der Waals surface area contributed by atoms with Crippen LogP contribution >= 0.6 is 27.5 Å². The smallest absolute Gasteiger partial charge is 0.262 e. The lowest BCUT2D eigenvalue weighted by molar-refractivity contribution is -0.118. The summed E-state index contributed by atoms with van der Waals surface area (Å²) in [6.45, 7) is 1.95. The predicted octanol–water partition coefficient (Wildman–Crippen LogP) is 3.81. The lowest BCUT2D eigenvalue weighted by Gasteiger charge is -2.11. The van der Waals surface area contributed by atoms with E-state index in [1.165, 1.54) is 18.2 Å². The van der Waals surface area contributed by atoms with Crippen LogP contribution in [0.1, 0.15) is 13.3 Å². The van der Waals surface area contributed by atoms with Crippen molar-refractivity contribution in [3.05, 3.63) is 52.0 Å². The highest BCUT2D eigenvalue weighted by Gasteiger charge is 2.16. The number of anilines is 1. The molecular formula is C17H18BrClN2O4S. The molecule has 0 saturated carbocycles. The summed E-state index contributed by atoms with van der Waals surface area (Å²) in [5.41, 5.74) is 0.635. The molecule has 1 amide bonds. The number of hydrogen-bond donors (Lipinski definition) is 2. The maximum absolute atomic E-state index is 12.1. The number of halogens is 2. The molecule has 0 unspecified atom stereocenters. The summed E-state index contributed by atoms with van der Waals surface area (Å²) in [5, 5.41) is 2.80. The lowest BCUT2D eigenvalue weighted by Crippen LogP contribution is -2.24. The Hall–Kier alpha value is -1.61. The van der Waals surface area contributed by atoms with Crippen LogP contribution in [0.4, 0.5) is 5.69 Å². The third-order valence-corrected chi connectivity index (χ3v) is 5.53. The van der Waals surface area contributed by atoms with Crippen molar-refractivity contribution in [1.29, 1.82) is 0 Å². The molecule has 0 heterocycles. The van der Waals surface area contributed by atoms with Crippen molar-refractivity contribution in [2.75, 3.05) is 18.5 Å². The van der Waals surface area contributed by atoms with E-state index in [4.69, 9.17) is 16.3 Å². The molecule has 6 nitrogen and oxygen atoms in total. The average Bonchev–Trinajstić information content (AvgIpc) is 2.61. The van der Waals surface area contributed by atoms with Gasteiger partial charge in [0.1, 0.15) is 5.75 Å². The van der Waals surface area contributed by atoms with Crippen molar-refractivity contribution in [3.8, 4) is 5.75 Å². The van der Waals surface area contributed by atoms with Crippen molar-refractivity contribution >= 4 is 49.1 Å². The van der Waals surface area contributed by atoms with E-state index in [0.29, 0.717) is 18.7 Å². The number of hydrogen-bond acceptors (Lipinski definition) is 4. The molecule has 0 aliphatic carbocycles. The molecule has 0 aromatic heterocycles. The van der Waals surface area contributed by atoms with Gasteiger partial charge in [0.05, 0.1) is 9.92 Å². The number of benzene rings is 2. The Morgan fingerprint density at radius 2 is 1.88 bits per heavy atom. The van der Waals surface area contributed by atoms with Gasteiger partial charge in [-0.3, -0.25) is 4.79 Å². The quantitative estimate of drug-likeness (QED) is 0.626. The van der Waals surface area contributed by atoms with E-state index in [9.17, 15) is 13.2 Å². The van der Waals surface area contributed by atoms with E-state index in [2.05, 4.69) is 26.0 Å². The first-order valence-electron chi connectivity index (χ1n) is 7.79. The summed E-state index contributed by atoms with van der Waals surface area (Å²) < 4.78 is 32.9. The first kappa shape index (κ1) is 20.7. The number of rotatable bonds is 8. The second kappa shape index (κ2) is 9.36. The van der Waals surface area contributed by atoms with Crippen LogP contribution in [-0.4, -0.2) is 27.5 Å². The molecule has 0 aliphatic rings. The van der Waals surface area contributed by atoms with E-state index in [0.717, 1.165) is 4.47 Å². The highest BCUT2D eigenvalue weighted by molar-refractivity contribution is 9.10. The number of carbonyl (C=O) groups is 1. The highest BCUT2D eigenvalue weighted by atomic mass is 79.9. The van der Waals surface area contributed by atoms with Gasteiger partial charge in [-0.15, -0.1) is 0 Å². The van der Waals surface area contributed by atoms with Crippen LogP contribution in [0.3, 0.4) is 0 Å². The third-order valence-electron chi connectivity index (χ3n) is 3.24. The predicted molar refractivity (Wildman–Crippen MR) is 105 cm³/mol. The van der Waals surface area contributed by atoms with E-state index < -0.39 is 10.0 Å². The second-order valence-corrected chi connectivity index (χ2v) is 8.42. The van der Waals surface area contributed by atoms with Gasteiger partial charge in [-0.1, -0.05) is 34.5 Å². The molecule has 140 valence electrons. The van der Waals surface area contributed by atoms with Crippen LogP contribution in [0.5, 0.6) is 5.75 Å². The van der Waals surface area contributed by atoms with Crippen molar-refractivity contribution in [2.45, 2.75) is 18.2 Å². The minimum atomic E-state index is -3.61. The molecule has 2 aromatic carbocycles. The molecule has 2 N–H and O–H groups in total. The van der Waals surface area contributed by atoms with Gasteiger partial charge in [0.25, 0.3) is 5.91 Å². The number of carbonyl (C=O) groups excluding carboxylic acids is 1. The Kier molecular flexibility index (Phi) is 7.45. The first-order valence-corrected chi connectivity index (χ1v) is 10.4. The molecular weight excluding hydrogens is 444 g/mol. The Morgan fingerprint density at radius 3 is 2.50 bits per heavy atom. The summed E-state index contributed by atoms with van der Waals surface area (Å²) in [4.78, 5) is 12.0. The van der Waals surface area contributed by atoms with E-state index in [1.54, 1.807) is 24.3 Å². The van der Waals surface area contributed by atoms with Crippen LogP contribution in [0.25, 0.3) is 0 Å². The Labute approximate surface area is 166 Å². The SMILES string of the molecule is CCCNS(=O)(=O)c1ccc(OCC(=O)Nc2ccc(Br)cc2)c(Cl)c1. The largest absolute Gasteiger partial charge is 0.482 e. The third kappa shape index (κ3) is 5.98. The van der Waals surface area contributed by atoms with Gasteiger partial charge >= 0.3 is 0 Å². The molecule has 26 heavy (non-hydrogen) atoms. The second-order valence-electron chi connectivity index (χ2n) is 5.33.